The van der Waals surface area contributed by atoms with Gasteiger partial charge >= 0.3 is 5.97 Å². The monoisotopic (exact) mass is 414 g/mol. The third-order valence-electron chi connectivity index (χ3n) is 3.95. The minimum absolute atomic E-state index is 0.0143. The van der Waals surface area contributed by atoms with Crippen molar-refractivity contribution in [3.8, 4) is 10.6 Å². The Morgan fingerprint density at radius 3 is 2.85 bits per heavy atom. The molecule has 0 radical (unpaired) electrons. The van der Waals surface area contributed by atoms with Crippen LogP contribution in [0.25, 0.3) is 10.6 Å². The summed E-state index contributed by atoms with van der Waals surface area (Å²) in [5.74, 6) is -1.09. The normalized spacial score (nSPS) is 21.4. The minimum atomic E-state index is -3.12. The van der Waals surface area contributed by atoms with Crippen LogP contribution in [0.4, 0.5) is 0 Å². The van der Waals surface area contributed by atoms with Crippen molar-refractivity contribution < 1.29 is 22.7 Å². The number of thiophene rings is 1. The van der Waals surface area contributed by atoms with Crippen molar-refractivity contribution in [1.82, 2.24) is 10.3 Å². The average molecular weight is 415 g/mol. The smallest absolute Gasteiger partial charge is 0.312 e. The van der Waals surface area contributed by atoms with E-state index in [4.69, 9.17) is 4.74 Å². The van der Waals surface area contributed by atoms with Gasteiger partial charge in [0.15, 0.2) is 16.4 Å². The van der Waals surface area contributed by atoms with Crippen LogP contribution < -0.4 is 5.32 Å². The lowest BCUT2D eigenvalue weighted by Crippen LogP contribution is -2.48. The number of nitrogens with zero attached hydrogens (tertiary/aromatic N) is 1. The van der Waals surface area contributed by atoms with Crippen molar-refractivity contribution >= 4 is 44.4 Å². The van der Waals surface area contributed by atoms with Gasteiger partial charge in [0.25, 0.3) is 5.91 Å². The zero-order valence-electron chi connectivity index (χ0n) is 14.1. The van der Waals surface area contributed by atoms with Crippen LogP contribution in [0.1, 0.15) is 19.0 Å². The maximum atomic E-state index is 11.9. The van der Waals surface area contributed by atoms with Gasteiger partial charge in [-0.25, -0.2) is 13.4 Å². The van der Waals surface area contributed by atoms with Crippen molar-refractivity contribution in [3.05, 3.63) is 27.9 Å². The SMILES string of the molecule is C[C@@]1(NC(=O)COC(=O)Cc2csc(-c3ccsc3)n2)CCS(=O)(=O)C1. The first kappa shape index (κ1) is 19.0. The van der Waals surface area contributed by atoms with Gasteiger partial charge in [0, 0.05) is 16.3 Å². The molecule has 0 spiro atoms. The van der Waals surface area contributed by atoms with Crippen LogP contribution in [0.5, 0.6) is 0 Å². The summed E-state index contributed by atoms with van der Waals surface area (Å²) in [6, 6.07) is 1.96. The third-order valence-corrected chi connectivity index (χ3v) is 7.48. The Morgan fingerprint density at radius 2 is 2.19 bits per heavy atom. The van der Waals surface area contributed by atoms with E-state index >= 15 is 0 Å². The van der Waals surface area contributed by atoms with E-state index in [1.54, 1.807) is 23.6 Å². The van der Waals surface area contributed by atoms with E-state index in [0.717, 1.165) is 10.6 Å². The highest BCUT2D eigenvalue weighted by molar-refractivity contribution is 7.91. The molecule has 3 heterocycles. The summed E-state index contributed by atoms with van der Waals surface area (Å²) in [5, 5.41) is 9.21. The molecular formula is C16H18N2O5S3. The molecule has 1 aliphatic heterocycles. The van der Waals surface area contributed by atoms with E-state index in [0.29, 0.717) is 12.1 Å². The lowest BCUT2D eigenvalue weighted by Gasteiger charge is -2.23. The summed E-state index contributed by atoms with van der Waals surface area (Å²) >= 11 is 3.02. The molecule has 1 fully saturated rings. The number of ether oxygens (including phenoxy) is 1. The van der Waals surface area contributed by atoms with Gasteiger partial charge in [-0.1, -0.05) is 0 Å². The minimum Gasteiger partial charge on any atom is -0.455 e. The summed E-state index contributed by atoms with van der Waals surface area (Å²) in [5.41, 5.74) is 0.807. The highest BCUT2D eigenvalue weighted by Crippen LogP contribution is 2.26. The van der Waals surface area contributed by atoms with Gasteiger partial charge in [0.05, 0.1) is 29.2 Å². The predicted molar refractivity (Wildman–Crippen MR) is 99.9 cm³/mol. The first-order valence-corrected chi connectivity index (χ1v) is 11.5. The number of thiazole rings is 1. The lowest BCUT2D eigenvalue weighted by molar-refractivity contribution is -0.148. The Morgan fingerprint density at radius 1 is 1.38 bits per heavy atom. The van der Waals surface area contributed by atoms with Gasteiger partial charge in [-0.15, -0.1) is 11.3 Å². The van der Waals surface area contributed by atoms with Gasteiger partial charge in [0.1, 0.15) is 5.01 Å². The Labute approximate surface area is 159 Å². The van der Waals surface area contributed by atoms with Crippen LogP contribution in [-0.4, -0.2) is 48.9 Å². The van der Waals surface area contributed by atoms with Crippen LogP contribution in [0, 0.1) is 0 Å². The molecule has 0 unspecified atom stereocenters. The number of esters is 1. The largest absolute Gasteiger partial charge is 0.455 e. The second-order valence-electron chi connectivity index (χ2n) is 6.44. The maximum absolute atomic E-state index is 11.9. The van der Waals surface area contributed by atoms with Crippen molar-refractivity contribution in [1.29, 1.82) is 0 Å². The maximum Gasteiger partial charge on any atom is 0.312 e. The third kappa shape index (κ3) is 4.89. The fraction of sp³-hybridized carbons (Fsp3) is 0.438. The van der Waals surface area contributed by atoms with E-state index < -0.39 is 33.9 Å². The molecule has 0 saturated carbocycles. The van der Waals surface area contributed by atoms with E-state index in [1.165, 1.54) is 11.3 Å². The summed E-state index contributed by atoms with van der Waals surface area (Å²) in [4.78, 5) is 28.2. The fourth-order valence-corrected chi connectivity index (χ4v) is 6.36. The van der Waals surface area contributed by atoms with Gasteiger partial charge in [-0.05, 0) is 24.8 Å². The predicted octanol–water partition coefficient (Wildman–Crippen LogP) is 1.65. The zero-order chi connectivity index (χ0) is 18.8. The number of nitrogens with one attached hydrogen (secondary N) is 1. The number of hydrogen-bond acceptors (Lipinski definition) is 8. The van der Waals surface area contributed by atoms with Gasteiger partial charge < -0.3 is 10.1 Å². The second-order valence-corrected chi connectivity index (χ2v) is 10.3. The van der Waals surface area contributed by atoms with Crippen LogP contribution >= 0.6 is 22.7 Å². The molecule has 1 N–H and O–H groups in total. The van der Waals surface area contributed by atoms with Crippen LogP contribution in [-0.2, 0) is 30.6 Å². The second kappa shape index (κ2) is 7.45. The number of amides is 1. The topological polar surface area (TPSA) is 102 Å². The first-order valence-electron chi connectivity index (χ1n) is 7.89. The van der Waals surface area contributed by atoms with Crippen LogP contribution in [0.2, 0.25) is 0 Å². The molecule has 2 aromatic heterocycles. The van der Waals surface area contributed by atoms with Crippen molar-refractivity contribution in [3.63, 3.8) is 0 Å². The summed E-state index contributed by atoms with van der Waals surface area (Å²) < 4.78 is 28.1. The van der Waals surface area contributed by atoms with Crippen LogP contribution in [0.3, 0.4) is 0 Å². The van der Waals surface area contributed by atoms with Crippen LogP contribution in [0.15, 0.2) is 22.2 Å². The van der Waals surface area contributed by atoms with Crippen molar-refractivity contribution in [2.45, 2.75) is 25.3 Å². The lowest BCUT2D eigenvalue weighted by atomic mass is 10.0. The van der Waals surface area contributed by atoms with Gasteiger partial charge in [-0.2, -0.15) is 11.3 Å². The van der Waals surface area contributed by atoms with E-state index in [9.17, 15) is 18.0 Å². The van der Waals surface area contributed by atoms with E-state index in [2.05, 4.69) is 10.3 Å². The van der Waals surface area contributed by atoms with E-state index in [-0.39, 0.29) is 17.9 Å². The number of rotatable bonds is 6. The van der Waals surface area contributed by atoms with Crippen molar-refractivity contribution in [2.75, 3.05) is 18.1 Å². The molecule has 1 atom stereocenters. The summed E-state index contributed by atoms with van der Waals surface area (Å²) in [6.45, 7) is 1.24. The highest BCUT2D eigenvalue weighted by Gasteiger charge is 2.39. The zero-order valence-corrected chi connectivity index (χ0v) is 16.5. The molecule has 7 nitrogen and oxygen atoms in total. The number of aromatic nitrogens is 1. The molecule has 0 aromatic carbocycles. The molecule has 2 aromatic rings. The van der Waals surface area contributed by atoms with Gasteiger partial charge in [0.2, 0.25) is 0 Å². The molecule has 3 rings (SSSR count). The highest BCUT2D eigenvalue weighted by atomic mass is 32.2. The first-order chi connectivity index (χ1) is 12.2. The Bertz CT molecular complexity index is 904. The molecule has 10 heteroatoms. The number of hydrogen-bond donors (Lipinski definition) is 1. The molecule has 1 aliphatic rings. The molecule has 140 valence electrons. The summed E-state index contributed by atoms with van der Waals surface area (Å²) in [7, 11) is -3.12. The molecule has 0 aliphatic carbocycles. The number of sulfone groups is 1. The van der Waals surface area contributed by atoms with Gasteiger partial charge in [-0.3, -0.25) is 9.59 Å². The quantitative estimate of drug-likeness (QED) is 0.721. The molecular weight excluding hydrogens is 396 g/mol. The fourth-order valence-electron chi connectivity index (χ4n) is 2.73. The average Bonchev–Trinajstić information content (AvgIpc) is 3.26. The molecule has 1 saturated heterocycles. The Balaban J connectivity index is 1.46. The van der Waals surface area contributed by atoms with Crippen molar-refractivity contribution in [2.24, 2.45) is 0 Å². The Kier molecular flexibility index (Phi) is 5.44. The molecule has 1 amide bonds. The Hall–Kier alpha value is -1.78. The number of carbonyl (C=O) groups excluding carboxylic acids is 2. The van der Waals surface area contributed by atoms with E-state index in [1.807, 2.05) is 16.8 Å². The number of carbonyl (C=O) groups is 2. The molecule has 26 heavy (non-hydrogen) atoms. The molecule has 0 bridgehead atoms. The standard InChI is InChI=1S/C16H18N2O5S3/c1-16(3-5-26(21,22)10-16)18-13(19)7-23-14(20)6-12-9-25-15(17-12)11-2-4-24-8-11/h2,4,8-9H,3,5-7,10H2,1H3,(H,18,19)/t16-/m1/s1. The summed E-state index contributed by atoms with van der Waals surface area (Å²) in [6.07, 6.45) is 0.346.